The van der Waals surface area contributed by atoms with Gasteiger partial charge in [-0.2, -0.15) is 18.2 Å². The smallest absolute Gasteiger partial charge is 0.358 e. The van der Waals surface area contributed by atoms with E-state index in [-0.39, 0.29) is 16.9 Å². The molecule has 1 fully saturated rings. The van der Waals surface area contributed by atoms with Gasteiger partial charge in [0.05, 0.1) is 0 Å². The number of aromatic nitrogens is 2. The normalized spacial score (nSPS) is 19.5. The first-order chi connectivity index (χ1) is 14.1. The zero-order valence-electron chi connectivity index (χ0n) is 16.6. The lowest BCUT2D eigenvalue weighted by atomic mass is 9.92. The van der Waals surface area contributed by atoms with Crippen LogP contribution in [-0.4, -0.2) is 28.2 Å². The van der Waals surface area contributed by atoms with Gasteiger partial charge in [-0.05, 0) is 48.2 Å². The Bertz CT molecular complexity index is 881. The van der Waals surface area contributed by atoms with E-state index in [2.05, 4.69) is 34.4 Å². The topological polar surface area (TPSA) is 53.1 Å². The summed E-state index contributed by atoms with van der Waals surface area (Å²) >= 11 is 11.1. The fourth-order valence-corrected chi connectivity index (χ4v) is 3.87. The van der Waals surface area contributed by atoms with Crippen LogP contribution in [0.15, 0.2) is 30.3 Å². The summed E-state index contributed by atoms with van der Waals surface area (Å²) in [5, 5.41) is 6.38. The molecule has 2 heterocycles. The Morgan fingerprint density at radius 2 is 1.80 bits per heavy atom. The lowest BCUT2D eigenvalue weighted by Crippen LogP contribution is -2.39. The molecule has 0 spiro atoms. The molecule has 2 N–H and O–H groups in total. The Balaban J connectivity index is 1.75. The molecular formula is C20H23ClF3N5S. The molecule has 1 aliphatic heterocycles. The van der Waals surface area contributed by atoms with Crippen LogP contribution in [-0.2, 0) is 12.7 Å². The van der Waals surface area contributed by atoms with E-state index in [4.69, 9.17) is 23.8 Å². The molecule has 2 aromatic rings. The number of alkyl halides is 3. The highest BCUT2D eigenvalue weighted by Gasteiger charge is 2.35. The van der Waals surface area contributed by atoms with Gasteiger partial charge in [-0.25, -0.2) is 4.98 Å². The Kier molecular flexibility index (Phi) is 7.02. The van der Waals surface area contributed by atoms with Crippen LogP contribution in [0.2, 0.25) is 5.02 Å². The number of halogens is 4. The number of hydrogen-bond acceptors (Lipinski definition) is 4. The molecule has 1 aliphatic rings. The molecule has 3 rings (SSSR count). The first-order valence-electron chi connectivity index (χ1n) is 9.60. The maximum absolute atomic E-state index is 13.4. The second kappa shape index (κ2) is 9.34. The number of benzene rings is 1. The van der Waals surface area contributed by atoms with Gasteiger partial charge in [0, 0.05) is 30.7 Å². The van der Waals surface area contributed by atoms with E-state index in [0.717, 1.165) is 18.1 Å². The summed E-state index contributed by atoms with van der Waals surface area (Å²) < 4.78 is 40.2. The molecule has 1 aromatic heterocycles. The van der Waals surface area contributed by atoms with Crippen molar-refractivity contribution in [2.75, 3.05) is 23.3 Å². The van der Waals surface area contributed by atoms with Crippen LogP contribution in [0, 0.1) is 11.8 Å². The van der Waals surface area contributed by atoms with Gasteiger partial charge in [0.2, 0.25) is 5.95 Å². The number of piperidine rings is 1. The van der Waals surface area contributed by atoms with Crippen molar-refractivity contribution in [3.8, 4) is 0 Å². The van der Waals surface area contributed by atoms with E-state index in [1.54, 1.807) is 12.1 Å². The molecule has 5 nitrogen and oxygen atoms in total. The molecule has 0 radical (unpaired) electrons. The Morgan fingerprint density at radius 1 is 1.17 bits per heavy atom. The molecule has 0 aliphatic carbocycles. The standard InChI is InChI=1S/C20H23ClF3N5S/c1-12-7-13(2)11-29(10-12)17-8-16(20(22,23)24)26-18(27-17)28-19(30)25-9-14-3-5-15(21)6-4-14/h3-6,8,12-13H,7,9-11H2,1-2H3,(H2,25,26,27,28,30)/t12-,13+. The summed E-state index contributed by atoms with van der Waals surface area (Å²) in [6.45, 7) is 5.86. The first kappa shape index (κ1) is 22.6. The van der Waals surface area contributed by atoms with Crippen molar-refractivity contribution in [3.05, 3.63) is 46.6 Å². The summed E-state index contributed by atoms with van der Waals surface area (Å²) in [4.78, 5) is 9.81. The zero-order chi connectivity index (χ0) is 21.9. The van der Waals surface area contributed by atoms with Crippen molar-refractivity contribution in [2.24, 2.45) is 11.8 Å². The molecule has 0 unspecified atom stereocenters. The molecule has 1 aromatic carbocycles. The van der Waals surface area contributed by atoms with Crippen LogP contribution in [0.5, 0.6) is 0 Å². The van der Waals surface area contributed by atoms with Crippen LogP contribution in [0.25, 0.3) is 0 Å². The average Bonchev–Trinajstić information content (AvgIpc) is 2.66. The zero-order valence-corrected chi connectivity index (χ0v) is 18.2. The fraction of sp³-hybridized carbons (Fsp3) is 0.450. The molecular weight excluding hydrogens is 435 g/mol. The van der Waals surface area contributed by atoms with Crippen molar-refractivity contribution in [3.63, 3.8) is 0 Å². The summed E-state index contributed by atoms with van der Waals surface area (Å²) in [7, 11) is 0. The summed E-state index contributed by atoms with van der Waals surface area (Å²) in [5.74, 6) is 0.811. The van der Waals surface area contributed by atoms with E-state index in [0.29, 0.717) is 36.5 Å². The fourth-order valence-electron chi connectivity index (χ4n) is 3.58. The van der Waals surface area contributed by atoms with Crippen molar-refractivity contribution in [2.45, 2.75) is 33.0 Å². The molecule has 2 atom stereocenters. The van der Waals surface area contributed by atoms with E-state index in [1.807, 2.05) is 17.0 Å². The average molecular weight is 458 g/mol. The molecule has 162 valence electrons. The molecule has 0 saturated carbocycles. The lowest BCUT2D eigenvalue weighted by molar-refractivity contribution is -0.141. The van der Waals surface area contributed by atoms with Crippen molar-refractivity contribution < 1.29 is 13.2 Å². The van der Waals surface area contributed by atoms with E-state index >= 15 is 0 Å². The quantitative estimate of drug-likeness (QED) is 0.622. The van der Waals surface area contributed by atoms with Gasteiger partial charge >= 0.3 is 6.18 Å². The van der Waals surface area contributed by atoms with Gasteiger partial charge in [0.1, 0.15) is 5.82 Å². The maximum atomic E-state index is 13.4. The van der Waals surface area contributed by atoms with Gasteiger partial charge in [0.25, 0.3) is 0 Å². The predicted octanol–water partition coefficient (Wildman–Crippen LogP) is 5.12. The number of nitrogens with one attached hydrogen (secondary N) is 2. The van der Waals surface area contributed by atoms with Gasteiger partial charge in [0.15, 0.2) is 10.8 Å². The molecule has 1 saturated heterocycles. The SMILES string of the molecule is C[C@@H]1C[C@H](C)CN(c2cc(C(F)(F)F)nc(NC(=S)NCc3ccc(Cl)cc3)n2)C1. The highest BCUT2D eigenvalue weighted by molar-refractivity contribution is 7.80. The minimum atomic E-state index is -4.58. The second-order valence-corrected chi connectivity index (χ2v) is 8.56. The minimum absolute atomic E-state index is 0.135. The predicted molar refractivity (Wildman–Crippen MR) is 117 cm³/mol. The number of thiocarbonyl (C=S) groups is 1. The number of hydrogen-bond donors (Lipinski definition) is 2. The number of nitrogens with zero attached hydrogens (tertiary/aromatic N) is 3. The van der Waals surface area contributed by atoms with Crippen molar-refractivity contribution >= 4 is 40.7 Å². The van der Waals surface area contributed by atoms with Gasteiger partial charge in [-0.3, -0.25) is 0 Å². The van der Waals surface area contributed by atoms with Crippen LogP contribution < -0.4 is 15.5 Å². The molecule has 0 amide bonds. The van der Waals surface area contributed by atoms with Gasteiger partial charge < -0.3 is 15.5 Å². The highest BCUT2D eigenvalue weighted by atomic mass is 35.5. The van der Waals surface area contributed by atoms with Crippen LogP contribution in [0.3, 0.4) is 0 Å². The Hall–Kier alpha value is -2.13. The van der Waals surface area contributed by atoms with Gasteiger partial charge in [-0.1, -0.05) is 37.6 Å². The largest absolute Gasteiger partial charge is 0.433 e. The molecule has 10 heteroatoms. The third-order valence-electron chi connectivity index (χ3n) is 4.79. The van der Waals surface area contributed by atoms with Crippen LogP contribution in [0.4, 0.5) is 24.9 Å². The summed E-state index contributed by atoms with van der Waals surface area (Å²) in [6.07, 6.45) is -3.54. The third-order valence-corrected chi connectivity index (χ3v) is 5.29. The summed E-state index contributed by atoms with van der Waals surface area (Å²) in [6, 6.07) is 8.15. The van der Waals surface area contributed by atoms with Crippen LogP contribution in [0.1, 0.15) is 31.5 Å². The van der Waals surface area contributed by atoms with Crippen LogP contribution >= 0.6 is 23.8 Å². The second-order valence-electron chi connectivity index (χ2n) is 7.72. The maximum Gasteiger partial charge on any atom is 0.433 e. The van der Waals surface area contributed by atoms with Crippen molar-refractivity contribution in [1.29, 1.82) is 0 Å². The molecule has 0 bridgehead atoms. The van der Waals surface area contributed by atoms with E-state index in [9.17, 15) is 13.2 Å². The van der Waals surface area contributed by atoms with E-state index in [1.165, 1.54) is 0 Å². The Labute approximate surface area is 184 Å². The first-order valence-corrected chi connectivity index (χ1v) is 10.4. The number of anilines is 2. The summed E-state index contributed by atoms with van der Waals surface area (Å²) in [5.41, 5.74) is -0.0770. The third kappa shape index (κ3) is 6.18. The monoisotopic (exact) mass is 457 g/mol. The Morgan fingerprint density at radius 3 is 2.40 bits per heavy atom. The lowest BCUT2D eigenvalue weighted by Gasteiger charge is -2.36. The van der Waals surface area contributed by atoms with E-state index < -0.39 is 11.9 Å². The van der Waals surface area contributed by atoms with Gasteiger partial charge in [-0.15, -0.1) is 0 Å². The highest BCUT2D eigenvalue weighted by Crippen LogP contribution is 2.32. The van der Waals surface area contributed by atoms with Crippen molar-refractivity contribution in [1.82, 2.24) is 15.3 Å². The molecule has 30 heavy (non-hydrogen) atoms. The minimum Gasteiger partial charge on any atom is -0.358 e. The number of rotatable bonds is 4.